The largest absolute Gasteiger partial charge is 0.508 e. The van der Waals surface area contributed by atoms with Crippen LogP contribution in [0.2, 0.25) is 0 Å². The van der Waals surface area contributed by atoms with Gasteiger partial charge in [0.25, 0.3) is 0 Å². The van der Waals surface area contributed by atoms with Crippen LogP contribution in [0.3, 0.4) is 0 Å². The first-order valence-corrected chi connectivity index (χ1v) is 5.03. The molecular weight excluding hydrogens is 208 g/mol. The second-order valence-electron chi connectivity index (χ2n) is 3.63. The molecule has 2 rings (SSSR count). The van der Waals surface area contributed by atoms with Gasteiger partial charge >= 0.3 is 6.03 Å². The van der Waals surface area contributed by atoms with Gasteiger partial charge in [0.05, 0.1) is 6.54 Å². The number of phenolic OH excluding ortho intramolecular Hbond substituents is 1. The van der Waals surface area contributed by atoms with Gasteiger partial charge in [-0.1, -0.05) is 12.1 Å². The Morgan fingerprint density at radius 1 is 1.25 bits per heavy atom. The maximum absolute atomic E-state index is 11.5. The highest BCUT2D eigenvalue weighted by Crippen LogP contribution is 2.13. The van der Waals surface area contributed by atoms with Crippen LogP contribution < -0.4 is 5.32 Å². The molecule has 1 aliphatic rings. The zero-order valence-electron chi connectivity index (χ0n) is 8.64. The maximum atomic E-state index is 11.5. The number of urea groups is 1. The Kier molecular flexibility index (Phi) is 2.76. The van der Waals surface area contributed by atoms with Crippen LogP contribution in [0.25, 0.3) is 0 Å². The van der Waals surface area contributed by atoms with Crippen LogP contribution in [-0.2, 0) is 11.3 Å². The van der Waals surface area contributed by atoms with E-state index in [1.807, 2.05) is 0 Å². The summed E-state index contributed by atoms with van der Waals surface area (Å²) in [6.45, 7) is 0.648. The molecule has 0 aliphatic carbocycles. The fraction of sp³-hybridized carbons (Fsp3) is 0.273. The molecule has 0 bridgehead atoms. The van der Waals surface area contributed by atoms with E-state index in [2.05, 4.69) is 5.32 Å². The monoisotopic (exact) mass is 220 g/mol. The molecule has 16 heavy (non-hydrogen) atoms. The third-order valence-electron chi connectivity index (χ3n) is 2.44. The van der Waals surface area contributed by atoms with Crippen molar-refractivity contribution in [3.8, 4) is 5.75 Å². The highest BCUT2D eigenvalue weighted by atomic mass is 16.3. The van der Waals surface area contributed by atoms with E-state index in [9.17, 15) is 9.59 Å². The fourth-order valence-corrected chi connectivity index (χ4v) is 1.56. The van der Waals surface area contributed by atoms with Gasteiger partial charge in [0.2, 0.25) is 5.91 Å². The standard InChI is InChI=1S/C11H12N2O3/c14-9-3-1-8(2-4-9)7-13-10(15)5-6-12-11(13)16/h1-4,14H,5-7H2,(H,12,16). The molecule has 1 heterocycles. The molecule has 0 unspecified atom stereocenters. The number of amides is 3. The molecule has 1 saturated heterocycles. The minimum atomic E-state index is -0.357. The number of phenols is 1. The van der Waals surface area contributed by atoms with Gasteiger partial charge in [0.15, 0.2) is 0 Å². The summed E-state index contributed by atoms with van der Waals surface area (Å²) in [5.41, 5.74) is 0.809. The average molecular weight is 220 g/mol. The van der Waals surface area contributed by atoms with Crippen molar-refractivity contribution in [1.29, 1.82) is 0 Å². The third-order valence-corrected chi connectivity index (χ3v) is 2.44. The Morgan fingerprint density at radius 2 is 1.94 bits per heavy atom. The quantitative estimate of drug-likeness (QED) is 0.775. The molecule has 0 radical (unpaired) electrons. The molecule has 1 aromatic rings. The molecule has 5 heteroatoms. The second-order valence-corrected chi connectivity index (χ2v) is 3.63. The van der Waals surface area contributed by atoms with E-state index in [1.54, 1.807) is 12.1 Å². The van der Waals surface area contributed by atoms with Crippen molar-refractivity contribution in [1.82, 2.24) is 10.2 Å². The number of benzene rings is 1. The fourth-order valence-electron chi connectivity index (χ4n) is 1.56. The van der Waals surface area contributed by atoms with Crippen LogP contribution in [0.1, 0.15) is 12.0 Å². The van der Waals surface area contributed by atoms with Crippen LogP contribution in [0.4, 0.5) is 4.79 Å². The molecule has 0 spiro atoms. The molecule has 0 aromatic heterocycles. The number of carbonyl (C=O) groups excluding carboxylic acids is 2. The Balaban J connectivity index is 2.10. The SMILES string of the molecule is O=C1CCNC(=O)N1Cc1ccc(O)cc1. The molecule has 5 nitrogen and oxygen atoms in total. The smallest absolute Gasteiger partial charge is 0.324 e. The van der Waals surface area contributed by atoms with E-state index in [-0.39, 0.29) is 24.2 Å². The van der Waals surface area contributed by atoms with E-state index in [0.717, 1.165) is 5.56 Å². The molecule has 0 atom stereocenters. The van der Waals surface area contributed by atoms with Gasteiger partial charge in [-0.2, -0.15) is 0 Å². The van der Waals surface area contributed by atoms with Crippen molar-refractivity contribution in [2.75, 3.05) is 6.54 Å². The summed E-state index contributed by atoms with van der Waals surface area (Å²) < 4.78 is 0. The average Bonchev–Trinajstić information content (AvgIpc) is 2.26. The molecule has 84 valence electrons. The minimum absolute atomic E-state index is 0.165. The molecule has 1 aromatic carbocycles. The number of hydrogen-bond donors (Lipinski definition) is 2. The normalized spacial score (nSPS) is 16.1. The van der Waals surface area contributed by atoms with Gasteiger partial charge in [-0.25, -0.2) is 4.79 Å². The van der Waals surface area contributed by atoms with Crippen LogP contribution in [-0.4, -0.2) is 28.5 Å². The number of rotatable bonds is 2. The van der Waals surface area contributed by atoms with Crippen molar-refractivity contribution in [3.05, 3.63) is 29.8 Å². The number of imide groups is 1. The molecule has 1 fully saturated rings. The van der Waals surface area contributed by atoms with Gasteiger partial charge in [0.1, 0.15) is 5.75 Å². The summed E-state index contributed by atoms with van der Waals surface area (Å²) in [7, 11) is 0. The lowest BCUT2D eigenvalue weighted by Crippen LogP contribution is -2.49. The zero-order chi connectivity index (χ0) is 11.5. The Labute approximate surface area is 92.7 Å². The van der Waals surface area contributed by atoms with E-state index < -0.39 is 0 Å². The first-order valence-electron chi connectivity index (χ1n) is 5.03. The predicted molar refractivity (Wildman–Crippen MR) is 56.7 cm³/mol. The van der Waals surface area contributed by atoms with Gasteiger partial charge in [-0.05, 0) is 17.7 Å². The second kappa shape index (κ2) is 4.22. The number of hydrogen-bond acceptors (Lipinski definition) is 3. The highest BCUT2D eigenvalue weighted by Gasteiger charge is 2.25. The van der Waals surface area contributed by atoms with Crippen LogP contribution >= 0.6 is 0 Å². The highest BCUT2D eigenvalue weighted by molar-refractivity contribution is 5.96. The van der Waals surface area contributed by atoms with Gasteiger partial charge in [-0.3, -0.25) is 9.69 Å². The van der Waals surface area contributed by atoms with E-state index in [0.29, 0.717) is 13.0 Å². The number of carbonyl (C=O) groups is 2. The summed E-state index contributed by atoms with van der Waals surface area (Å²) in [4.78, 5) is 24.1. The Morgan fingerprint density at radius 3 is 2.56 bits per heavy atom. The summed E-state index contributed by atoms with van der Waals surface area (Å²) in [6.07, 6.45) is 0.337. The molecule has 2 N–H and O–H groups in total. The Hall–Kier alpha value is -2.04. The van der Waals surface area contributed by atoms with Crippen molar-refractivity contribution >= 4 is 11.9 Å². The van der Waals surface area contributed by atoms with Crippen molar-refractivity contribution in [2.45, 2.75) is 13.0 Å². The first kappa shape index (κ1) is 10.5. The number of aromatic hydroxyl groups is 1. The first-order chi connectivity index (χ1) is 7.66. The summed E-state index contributed by atoms with van der Waals surface area (Å²) in [5, 5.41) is 11.7. The topological polar surface area (TPSA) is 69.6 Å². The van der Waals surface area contributed by atoms with Gasteiger partial charge in [0, 0.05) is 13.0 Å². The molecular formula is C11H12N2O3. The van der Waals surface area contributed by atoms with Crippen LogP contribution in [0.5, 0.6) is 5.75 Å². The van der Waals surface area contributed by atoms with Crippen LogP contribution in [0, 0.1) is 0 Å². The van der Waals surface area contributed by atoms with Crippen molar-refractivity contribution in [2.24, 2.45) is 0 Å². The van der Waals surface area contributed by atoms with Crippen molar-refractivity contribution in [3.63, 3.8) is 0 Å². The zero-order valence-corrected chi connectivity index (χ0v) is 8.64. The van der Waals surface area contributed by atoms with E-state index in [1.165, 1.54) is 17.0 Å². The van der Waals surface area contributed by atoms with E-state index >= 15 is 0 Å². The number of nitrogens with zero attached hydrogens (tertiary/aromatic N) is 1. The van der Waals surface area contributed by atoms with E-state index in [4.69, 9.17) is 5.11 Å². The summed E-state index contributed by atoms with van der Waals surface area (Å²) in [5.74, 6) is -0.00463. The maximum Gasteiger partial charge on any atom is 0.324 e. The van der Waals surface area contributed by atoms with Gasteiger partial charge in [-0.15, -0.1) is 0 Å². The van der Waals surface area contributed by atoms with Crippen molar-refractivity contribution < 1.29 is 14.7 Å². The summed E-state index contributed by atoms with van der Waals surface area (Å²) >= 11 is 0. The predicted octanol–water partition coefficient (Wildman–Crippen LogP) is 0.834. The Bertz CT molecular complexity index is 398. The number of nitrogens with one attached hydrogen (secondary N) is 1. The lowest BCUT2D eigenvalue weighted by atomic mass is 10.2. The molecule has 0 saturated carbocycles. The summed E-state index contributed by atoms with van der Waals surface area (Å²) in [6, 6.07) is 6.07. The van der Waals surface area contributed by atoms with Crippen LogP contribution in [0.15, 0.2) is 24.3 Å². The lowest BCUT2D eigenvalue weighted by molar-refractivity contribution is -0.129. The molecule has 3 amide bonds. The lowest BCUT2D eigenvalue weighted by Gasteiger charge is -2.25. The van der Waals surface area contributed by atoms with Gasteiger partial charge < -0.3 is 10.4 Å². The third kappa shape index (κ3) is 2.13. The molecule has 1 aliphatic heterocycles. The minimum Gasteiger partial charge on any atom is -0.508 e.